The summed E-state index contributed by atoms with van der Waals surface area (Å²) in [6.45, 7) is 1.96. The van der Waals surface area contributed by atoms with Crippen molar-refractivity contribution in [3.63, 3.8) is 0 Å². The summed E-state index contributed by atoms with van der Waals surface area (Å²) >= 11 is 0. The zero-order valence-corrected chi connectivity index (χ0v) is 26.1. The van der Waals surface area contributed by atoms with Crippen molar-refractivity contribution in [2.24, 2.45) is 0 Å². The van der Waals surface area contributed by atoms with E-state index in [1.165, 1.54) is 14.7 Å². The quantitative estimate of drug-likeness (QED) is 0.0481. The van der Waals surface area contributed by atoms with Gasteiger partial charge in [-0.1, -0.05) is 25.7 Å². The molecule has 0 rings (SSSR count). The van der Waals surface area contributed by atoms with Crippen molar-refractivity contribution in [1.29, 1.82) is 0 Å². The number of unbranched alkanes of at least 4 members (excludes halogenated alkanes) is 6. The van der Waals surface area contributed by atoms with Gasteiger partial charge in [0.25, 0.3) is 0 Å². The fourth-order valence-corrected chi connectivity index (χ4v) is 4.37. The molecule has 15 heteroatoms. The van der Waals surface area contributed by atoms with Gasteiger partial charge in [0.1, 0.15) is 0 Å². The van der Waals surface area contributed by atoms with E-state index in [9.17, 15) is 39.3 Å². The van der Waals surface area contributed by atoms with Crippen LogP contribution in [0.4, 0.5) is 0 Å². The number of aliphatic carboxylic acids is 3. The van der Waals surface area contributed by atoms with Crippen molar-refractivity contribution in [2.45, 2.75) is 51.4 Å². The molecule has 15 nitrogen and oxygen atoms in total. The van der Waals surface area contributed by atoms with E-state index < -0.39 is 17.9 Å². The topological polar surface area (TPSA) is 204 Å². The molecule has 0 spiro atoms. The largest absolute Gasteiger partial charge is 0.480 e. The first-order valence-corrected chi connectivity index (χ1v) is 15.2. The van der Waals surface area contributed by atoms with Crippen LogP contribution in [0.3, 0.4) is 0 Å². The van der Waals surface area contributed by atoms with E-state index in [1.54, 1.807) is 0 Å². The van der Waals surface area contributed by atoms with Crippen LogP contribution in [-0.2, 0) is 24.0 Å². The van der Waals surface area contributed by atoms with Gasteiger partial charge in [-0.25, -0.2) is 0 Å². The maximum Gasteiger partial charge on any atom is 0.317 e. The van der Waals surface area contributed by atoms with Gasteiger partial charge in [0.15, 0.2) is 0 Å². The maximum atomic E-state index is 12.4. The molecular formula is C28H55N7O8. The average Bonchev–Trinajstić information content (AvgIpc) is 2.92. The van der Waals surface area contributed by atoms with E-state index in [1.807, 2.05) is 14.1 Å². The third kappa shape index (κ3) is 26.5. The van der Waals surface area contributed by atoms with E-state index in [0.717, 1.165) is 64.5 Å². The van der Waals surface area contributed by atoms with Gasteiger partial charge in [0.2, 0.25) is 11.8 Å². The molecule has 0 heterocycles. The minimum Gasteiger partial charge on any atom is -0.480 e. The molecule has 0 radical (unpaired) electrons. The van der Waals surface area contributed by atoms with Gasteiger partial charge in [-0.2, -0.15) is 0 Å². The van der Waals surface area contributed by atoms with Crippen LogP contribution < -0.4 is 21.3 Å². The standard InChI is InChI=1S/C28H55N7O8/c1-29-11-7-3-5-9-13-31-24(36)19-34(22-27(40)41)17-15-33(21-26(38)39)16-18-35(23-28(42)43)20-25(37)32-14-10-6-4-8-12-30-2/h29-30H,3-23H2,1-2H3,(H,31,36)(H,32,37)(H,38,39)(H,40,41)(H,42,43). The summed E-state index contributed by atoms with van der Waals surface area (Å²) in [5.74, 6) is -3.94. The molecule has 0 atom stereocenters. The first-order chi connectivity index (χ1) is 20.6. The highest BCUT2D eigenvalue weighted by molar-refractivity contribution is 5.79. The summed E-state index contributed by atoms with van der Waals surface area (Å²) in [6.07, 6.45) is 7.81. The third-order valence-electron chi connectivity index (χ3n) is 6.63. The second-order valence-corrected chi connectivity index (χ2v) is 10.6. The highest BCUT2D eigenvalue weighted by atomic mass is 16.4. The van der Waals surface area contributed by atoms with Crippen LogP contribution in [0.5, 0.6) is 0 Å². The van der Waals surface area contributed by atoms with Crippen molar-refractivity contribution in [3.05, 3.63) is 0 Å². The summed E-state index contributed by atoms with van der Waals surface area (Å²) in [7, 11) is 3.80. The molecule has 0 saturated carbocycles. The second-order valence-electron chi connectivity index (χ2n) is 10.6. The number of nitrogens with one attached hydrogen (secondary N) is 4. The van der Waals surface area contributed by atoms with Crippen molar-refractivity contribution < 1.29 is 39.3 Å². The number of hydrogen-bond donors (Lipinski definition) is 7. The molecule has 43 heavy (non-hydrogen) atoms. The van der Waals surface area contributed by atoms with Crippen LogP contribution in [0.1, 0.15) is 51.4 Å². The highest BCUT2D eigenvalue weighted by Gasteiger charge is 2.19. The van der Waals surface area contributed by atoms with E-state index in [-0.39, 0.29) is 70.7 Å². The van der Waals surface area contributed by atoms with Gasteiger partial charge in [0.05, 0.1) is 32.7 Å². The predicted octanol–water partition coefficient (Wildman–Crippen LogP) is -1.06. The molecule has 7 N–H and O–H groups in total. The van der Waals surface area contributed by atoms with E-state index in [0.29, 0.717) is 13.1 Å². The molecule has 2 amide bonds. The Morgan fingerprint density at radius 2 is 0.744 bits per heavy atom. The van der Waals surface area contributed by atoms with Crippen LogP contribution in [0.2, 0.25) is 0 Å². The van der Waals surface area contributed by atoms with Crippen LogP contribution in [0.15, 0.2) is 0 Å². The van der Waals surface area contributed by atoms with Gasteiger partial charge in [-0.05, 0) is 52.9 Å². The lowest BCUT2D eigenvalue weighted by Crippen LogP contribution is -2.47. The number of hydrogen-bond acceptors (Lipinski definition) is 10. The van der Waals surface area contributed by atoms with Crippen molar-refractivity contribution in [2.75, 3.05) is 99.2 Å². The number of carbonyl (C=O) groups is 5. The zero-order chi connectivity index (χ0) is 32.3. The van der Waals surface area contributed by atoms with E-state index >= 15 is 0 Å². The number of amides is 2. The lowest BCUT2D eigenvalue weighted by atomic mass is 10.2. The lowest BCUT2D eigenvalue weighted by Gasteiger charge is -2.28. The van der Waals surface area contributed by atoms with Crippen LogP contribution >= 0.6 is 0 Å². The Labute approximate surface area is 255 Å². The summed E-state index contributed by atoms with van der Waals surface area (Å²) < 4.78 is 0. The van der Waals surface area contributed by atoms with Gasteiger partial charge in [0, 0.05) is 39.3 Å². The molecule has 0 saturated heterocycles. The number of carboxylic acids is 3. The van der Waals surface area contributed by atoms with Crippen LogP contribution in [0, 0.1) is 0 Å². The zero-order valence-electron chi connectivity index (χ0n) is 26.1. The Balaban J connectivity index is 4.84. The monoisotopic (exact) mass is 617 g/mol. The second kappa shape index (κ2) is 26.8. The van der Waals surface area contributed by atoms with Crippen LogP contribution in [-0.4, -0.2) is 159 Å². The first kappa shape index (κ1) is 40.1. The molecule has 0 bridgehead atoms. The fourth-order valence-electron chi connectivity index (χ4n) is 4.37. The van der Waals surface area contributed by atoms with Crippen molar-refractivity contribution in [1.82, 2.24) is 36.0 Å². The average molecular weight is 618 g/mol. The molecule has 0 aliphatic heterocycles. The molecule has 0 aromatic heterocycles. The van der Waals surface area contributed by atoms with E-state index in [4.69, 9.17) is 0 Å². The number of carbonyl (C=O) groups excluding carboxylic acids is 2. The van der Waals surface area contributed by atoms with Gasteiger partial charge >= 0.3 is 17.9 Å². The van der Waals surface area contributed by atoms with Crippen molar-refractivity contribution >= 4 is 29.7 Å². The lowest BCUT2D eigenvalue weighted by molar-refractivity contribution is -0.141. The van der Waals surface area contributed by atoms with Gasteiger partial charge < -0.3 is 36.6 Å². The Bertz CT molecular complexity index is 747. The maximum absolute atomic E-state index is 12.4. The summed E-state index contributed by atoms with van der Waals surface area (Å²) in [5, 5.41) is 39.8. The summed E-state index contributed by atoms with van der Waals surface area (Å²) in [6, 6.07) is 0. The Morgan fingerprint density at radius 1 is 0.442 bits per heavy atom. The molecule has 0 aromatic carbocycles. The Kier molecular flexibility index (Phi) is 25.0. The summed E-state index contributed by atoms with van der Waals surface area (Å²) in [4.78, 5) is 63.4. The van der Waals surface area contributed by atoms with Gasteiger partial charge in [-0.3, -0.25) is 38.7 Å². The molecule has 0 aliphatic carbocycles. The fraction of sp³-hybridized carbons (Fsp3) is 0.821. The van der Waals surface area contributed by atoms with Crippen LogP contribution in [0.25, 0.3) is 0 Å². The number of nitrogens with zero attached hydrogens (tertiary/aromatic N) is 3. The minimum absolute atomic E-state index is 0.116. The Hall–Kier alpha value is -2.85. The number of carboxylic acid groups (broad SMARTS) is 3. The molecule has 0 aromatic rings. The predicted molar refractivity (Wildman–Crippen MR) is 163 cm³/mol. The third-order valence-corrected chi connectivity index (χ3v) is 6.63. The molecule has 0 fully saturated rings. The van der Waals surface area contributed by atoms with Crippen molar-refractivity contribution in [3.8, 4) is 0 Å². The molecular weight excluding hydrogens is 562 g/mol. The first-order valence-electron chi connectivity index (χ1n) is 15.2. The minimum atomic E-state index is -1.11. The smallest absolute Gasteiger partial charge is 0.317 e. The SMILES string of the molecule is CNCCCCCCNC(=O)CN(CCN(CCN(CC(=O)O)CC(=O)NCCCCCCNC)CC(=O)O)CC(=O)O. The normalized spacial score (nSPS) is 11.3. The number of rotatable bonds is 30. The molecule has 0 aliphatic rings. The van der Waals surface area contributed by atoms with E-state index in [2.05, 4.69) is 21.3 Å². The molecule has 0 unspecified atom stereocenters. The van der Waals surface area contributed by atoms with Gasteiger partial charge in [-0.15, -0.1) is 0 Å². The highest BCUT2D eigenvalue weighted by Crippen LogP contribution is 2.00. The Morgan fingerprint density at radius 3 is 1.07 bits per heavy atom. The summed E-state index contributed by atoms with van der Waals surface area (Å²) in [5.41, 5.74) is 0. The molecule has 250 valence electrons.